The number of likely N-dealkylation sites (N-methyl/N-ethyl adjacent to an activating group) is 1. The van der Waals surface area contributed by atoms with Gasteiger partial charge in [-0.2, -0.15) is 0 Å². The predicted molar refractivity (Wildman–Crippen MR) is 121 cm³/mol. The Labute approximate surface area is 183 Å². The molecular formula is C20H29IN4O3. The summed E-state index contributed by atoms with van der Waals surface area (Å²) in [5.74, 6) is 1.48. The number of ether oxygens (including phenoxy) is 1. The highest BCUT2D eigenvalue weighted by atomic mass is 127. The summed E-state index contributed by atoms with van der Waals surface area (Å²) in [6.07, 6.45) is 2.33. The second kappa shape index (κ2) is 10.7. The summed E-state index contributed by atoms with van der Waals surface area (Å²) in [7, 11) is 5.40. The van der Waals surface area contributed by atoms with Crippen LogP contribution in [0.25, 0.3) is 11.0 Å². The number of halogens is 1. The molecular weight excluding hydrogens is 471 g/mol. The number of carbonyl (C=O) groups is 1. The molecule has 1 N–H and O–H groups in total. The molecule has 1 aromatic carbocycles. The predicted octanol–water partition coefficient (Wildman–Crippen LogP) is 2.70. The molecule has 1 fully saturated rings. The van der Waals surface area contributed by atoms with Crippen LogP contribution in [0.2, 0.25) is 0 Å². The Morgan fingerprint density at radius 3 is 2.75 bits per heavy atom. The summed E-state index contributed by atoms with van der Waals surface area (Å²) in [4.78, 5) is 19.9. The van der Waals surface area contributed by atoms with Gasteiger partial charge in [0.15, 0.2) is 5.96 Å². The standard InChI is InChI=1S/C20H28N4O3.HI/c1-23(2)19(25)13-22-20(21-12-16-8-6-10-26-16)24(3)14-17-11-15-7-4-5-9-18(15)27-17;/h4-5,7,9,11,16H,6,8,10,12-14H2,1-3H3,(H,21,22);1H. The molecule has 2 heterocycles. The van der Waals surface area contributed by atoms with Crippen LogP contribution >= 0.6 is 24.0 Å². The lowest BCUT2D eigenvalue weighted by Gasteiger charge is -2.23. The van der Waals surface area contributed by atoms with Crippen LogP contribution < -0.4 is 5.32 Å². The molecule has 0 saturated carbocycles. The Morgan fingerprint density at radius 1 is 1.29 bits per heavy atom. The number of rotatable bonds is 6. The number of benzene rings is 1. The van der Waals surface area contributed by atoms with Crippen LogP contribution in [0.1, 0.15) is 18.6 Å². The number of fused-ring (bicyclic) bond motifs is 1. The second-order valence-electron chi connectivity index (χ2n) is 7.05. The Kier molecular flexibility index (Phi) is 8.56. The lowest BCUT2D eigenvalue weighted by molar-refractivity contribution is -0.127. The maximum Gasteiger partial charge on any atom is 0.243 e. The van der Waals surface area contributed by atoms with Crippen molar-refractivity contribution in [2.45, 2.75) is 25.5 Å². The SMILES string of the molecule is CN(C)C(=O)CN=C(NCC1CCCO1)N(C)Cc1cc2ccccc2o1.I. The van der Waals surface area contributed by atoms with Crippen LogP contribution in [0.5, 0.6) is 0 Å². The quantitative estimate of drug-likeness (QED) is 0.376. The van der Waals surface area contributed by atoms with E-state index in [1.54, 1.807) is 19.0 Å². The number of carbonyl (C=O) groups excluding carboxylic acids is 1. The molecule has 0 spiro atoms. The molecule has 1 atom stereocenters. The topological polar surface area (TPSA) is 70.3 Å². The van der Waals surface area contributed by atoms with E-state index >= 15 is 0 Å². The van der Waals surface area contributed by atoms with Gasteiger partial charge in [-0.25, -0.2) is 4.99 Å². The van der Waals surface area contributed by atoms with Crippen molar-refractivity contribution in [2.24, 2.45) is 4.99 Å². The molecule has 2 aromatic rings. The molecule has 28 heavy (non-hydrogen) atoms. The lowest BCUT2D eigenvalue weighted by Crippen LogP contribution is -2.42. The van der Waals surface area contributed by atoms with Crippen molar-refractivity contribution in [1.29, 1.82) is 0 Å². The molecule has 1 aliphatic rings. The van der Waals surface area contributed by atoms with Crippen molar-refractivity contribution in [3.63, 3.8) is 0 Å². The van der Waals surface area contributed by atoms with Gasteiger partial charge < -0.3 is 24.3 Å². The molecule has 1 amide bonds. The average molecular weight is 500 g/mol. The zero-order chi connectivity index (χ0) is 19.2. The summed E-state index contributed by atoms with van der Waals surface area (Å²) >= 11 is 0. The normalized spacial score (nSPS) is 16.7. The summed E-state index contributed by atoms with van der Waals surface area (Å²) in [6, 6.07) is 9.98. The first kappa shape index (κ1) is 22.5. The van der Waals surface area contributed by atoms with Gasteiger partial charge in [0.1, 0.15) is 17.9 Å². The molecule has 3 rings (SSSR count). The average Bonchev–Trinajstić information content (AvgIpc) is 3.29. The van der Waals surface area contributed by atoms with E-state index in [2.05, 4.69) is 10.3 Å². The van der Waals surface area contributed by atoms with E-state index in [0.717, 1.165) is 36.2 Å². The molecule has 1 unspecified atom stereocenters. The van der Waals surface area contributed by atoms with Gasteiger partial charge in [0, 0.05) is 39.7 Å². The van der Waals surface area contributed by atoms with Crippen LogP contribution in [0, 0.1) is 0 Å². The summed E-state index contributed by atoms with van der Waals surface area (Å²) in [5, 5.41) is 4.43. The third-order valence-corrected chi connectivity index (χ3v) is 4.61. The van der Waals surface area contributed by atoms with E-state index in [-0.39, 0.29) is 42.5 Å². The van der Waals surface area contributed by atoms with Crippen LogP contribution in [0.15, 0.2) is 39.7 Å². The molecule has 0 radical (unpaired) electrons. The third kappa shape index (κ3) is 6.10. The molecule has 1 aliphatic heterocycles. The van der Waals surface area contributed by atoms with Gasteiger partial charge in [0.05, 0.1) is 12.6 Å². The monoisotopic (exact) mass is 500 g/mol. The first-order chi connectivity index (χ1) is 13.0. The van der Waals surface area contributed by atoms with Crippen LogP contribution in [-0.4, -0.2) is 68.6 Å². The number of nitrogens with zero attached hydrogens (tertiary/aromatic N) is 3. The number of amides is 1. The van der Waals surface area contributed by atoms with Gasteiger partial charge in [0.25, 0.3) is 0 Å². The van der Waals surface area contributed by atoms with Crippen molar-refractivity contribution < 1.29 is 13.9 Å². The Hall–Kier alpha value is -1.81. The number of furan rings is 1. The second-order valence-corrected chi connectivity index (χ2v) is 7.05. The van der Waals surface area contributed by atoms with Crippen molar-refractivity contribution in [3.05, 3.63) is 36.1 Å². The van der Waals surface area contributed by atoms with Crippen LogP contribution in [0.4, 0.5) is 0 Å². The Morgan fingerprint density at radius 2 is 2.07 bits per heavy atom. The summed E-state index contributed by atoms with van der Waals surface area (Å²) in [5.41, 5.74) is 0.870. The van der Waals surface area contributed by atoms with Gasteiger partial charge in [-0.3, -0.25) is 4.79 Å². The summed E-state index contributed by atoms with van der Waals surface area (Å²) < 4.78 is 11.6. The van der Waals surface area contributed by atoms with Crippen molar-refractivity contribution in [1.82, 2.24) is 15.1 Å². The number of para-hydroxylation sites is 1. The maximum absolute atomic E-state index is 11.9. The van der Waals surface area contributed by atoms with Gasteiger partial charge >= 0.3 is 0 Å². The number of guanidine groups is 1. The minimum absolute atomic E-state index is 0. The van der Waals surface area contributed by atoms with Crippen molar-refractivity contribution in [3.8, 4) is 0 Å². The number of aliphatic imine (C=N–C) groups is 1. The molecule has 1 saturated heterocycles. The fraction of sp³-hybridized carbons (Fsp3) is 0.500. The van der Waals surface area contributed by atoms with Gasteiger partial charge in [0.2, 0.25) is 5.91 Å². The van der Waals surface area contributed by atoms with Gasteiger partial charge in [-0.15, -0.1) is 24.0 Å². The van der Waals surface area contributed by atoms with Crippen LogP contribution in [0.3, 0.4) is 0 Å². The highest BCUT2D eigenvalue weighted by Crippen LogP contribution is 2.19. The van der Waals surface area contributed by atoms with Crippen LogP contribution in [-0.2, 0) is 16.1 Å². The number of nitrogens with one attached hydrogen (secondary N) is 1. The first-order valence-electron chi connectivity index (χ1n) is 9.31. The highest BCUT2D eigenvalue weighted by Gasteiger charge is 2.18. The summed E-state index contributed by atoms with van der Waals surface area (Å²) in [6.45, 7) is 2.15. The molecule has 154 valence electrons. The maximum atomic E-state index is 11.9. The molecule has 1 aromatic heterocycles. The molecule has 0 bridgehead atoms. The van der Waals surface area contributed by atoms with Gasteiger partial charge in [-0.1, -0.05) is 18.2 Å². The molecule has 0 aliphatic carbocycles. The van der Waals surface area contributed by atoms with E-state index in [9.17, 15) is 4.79 Å². The minimum Gasteiger partial charge on any atom is -0.459 e. The van der Waals surface area contributed by atoms with Gasteiger partial charge in [-0.05, 0) is 25.0 Å². The van der Waals surface area contributed by atoms with E-state index < -0.39 is 0 Å². The smallest absolute Gasteiger partial charge is 0.243 e. The Balaban J connectivity index is 0.00000280. The zero-order valence-electron chi connectivity index (χ0n) is 16.7. The first-order valence-corrected chi connectivity index (χ1v) is 9.31. The minimum atomic E-state index is -0.0384. The molecule has 8 heteroatoms. The van der Waals surface area contributed by atoms with E-state index in [0.29, 0.717) is 19.0 Å². The van der Waals surface area contributed by atoms with Crippen molar-refractivity contribution in [2.75, 3.05) is 40.8 Å². The largest absolute Gasteiger partial charge is 0.459 e. The fourth-order valence-electron chi connectivity index (χ4n) is 3.03. The highest BCUT2D eigenvalue weighted by molar-refractivity contribution is 14.0. The van der Waals surface area contributed by atoms with E-state index in [4.69, 9.17) is 9.15 Å². The van der Waals surface area contributed by atoms with E-state index in [1.165, 1.54) is 0 Å². The molecule has 7 nitrogen and oxygen atoms in total. The number of hydrogen-bond acceptors (Lipinski definition) is 4. The number of hydrogen-bond donors (Lipinski definition) is 1. The zero-order valence-corrected chi connectivity index (χ0v) is 19.0. The lowest BCUT2D eigenvalue weighted by atomic mass is 10.2. The Bertz CT molecular complexity index is 767. The van der Waals surface area contributed by atoms with E-state index in [1.807, 2.05) is 42.3 Å². The fourth-order valence-corrected chi connectivity index (χ4v) is 3.03. The van der Waals surface area contributed by atoms with Crippen molar-refractivity contribution >= 4 is 46.8 Å². The third-order valence-electron chi connectivity index (χ3n) is 4.61.